The van der Waals surface area contributed by atoms with Crippen molar-refractivity contribution in [1.29, 1.82) is 0 Å². The molecule has 0 aromatic carbocycles. The third-order valence-electron chi connectivity index (χ3n) is 7.71. The summed E-state index contributed by atoms with van der Waals surface area (Å²) >= 11 is 1.60. The van der Waals surface area contributed by atoms with E-state index in [-0.39, 0.29) is 30.4 Å². The van der Waals surface area contributed by atoms with E-state index in [0.29, 0.717) is 32.5 Å². The van der Waals surface area contributed by atoms with Gasteiger partial charge in [-0.2, -0.15) is 0 Å². The molecule has 34 heavy (non-hydrogen) atoms. The van der Waals surface area contributed by atoms with Crippen LogP contribution in [0.25, 0.3) is 0 Å². The van der Waals surface area contributed by atoms with E-state index in [1.165, 1.54) is 0 Å². The third-order valence-corrected chi connectivity index (χ3v) is 9.51. The van der Waals surface area contributed by atoms with Gasteiger partial charge in [0.25, 0.3) is 0 Å². The minimum atomic E-state index is -0.814. The van der Waals surface area contributed by atoms with Crippen LogP contribution in [-0.2, 0) is 19.1 Å². The molecule has 4 rings (SSSR count). The first-order chi connectivity index (χ1) is 16.3. The molecule has 1 N–H and O–H groups in total. The van der Waals surface area contributed by atoms with Crippen molar-refractivity contribution < 1.29 is 24.2 Å². The van der Waals surface area contributed by atoms with Gasteiger partial charge in [0, 0.05) is 30.5 Å². The van der Waals surface area contributed by atoms with E-state index in [9.17, 15) is 19.5 Å². The molecule has 4 aliphatic heterocycles. The van der Waals surface area contributed by atoms with Gasteiger partial charge in [-0.3, -0.25) is 14.4 Å². The van der Waals surface area contributed by atoms with Crippen molar-refractivity contribution in [3.8, 4) is 0 Å². The predicted octanol–water partition coefficient (Wildman–Crippen LogP) is 2.93. The molecule has 188 valence electrons. The van der Waals surface area contributed by atoms with Crippen LogP contribution in [0, 0.1) is 11.8 Å². The summed E-state index contributed by atoms with van der Waals surface area (Å²) in [7, 11) is 0. The van der Waals surface area contributed by atoms with Crippen LogP contribution < -0.4 is 0 Å². The fourth-order valence-corrected chi connectivity index (χ4v) is 8.24. The number of fused-ring (bicyclic) bond motifs is 2. The SMILES string of the molecule is CC(C)N1CC=C[C@]23S[C@@]4(C)/C=C\CCCCOC(=O)[C@H]4[C@H]2C(=O)N(CCCCCO)C3C1=O. The smallest absolute Gasteiger partial charge is 0.311 e. The lowest BCUT2D eigenvalue weighted by molar-refractivity contribution is -0.154. The highest BCUT2D eigenvalue weighted by atomic mass is 32.2. The van der Waals surface area contributed by atoms with E-state index in [1.54, 1.807) is 16.7 Å². The van der Waals surface area contributed by atoms with Gasteiger partial charge >= 0.3 is 5.97 Å². The van der Waals surface area contributed by atoms with Crippen molar-refractivity contribution in [2.24, 2.45) is 11.8 Å². The number of likely N-dealkylation sites (tertiary alicyclic amines) is 1. The van der Waals surface area contributed by atoms with Crippen molar-refractivity contribution in [3.05, 3.63) is 24.3 Å². The molecule has 4 heterocycles. The summed E-state index contributed by atoms with van der Waals surface area (Å²) in [6.07, 6.45) is 13.1. The largest absolute Gasteiger partial charge is 0.465 e. The van der Waals surface area contributed by atoms with Crippen molar-refractivity contribution >= 4 is 29.5 Å². The number of cyclic esters (lactones) is 1. The lowest BCUT2D eigenvalue weighted by Gasteiger charge is -2.38. The van der Waals surface area contributed by atoms with Gasteiger partial charge in [0.15, 0.2) is 0 Å². The zero-order valence-electron chi connectivity index (χ0n) is 20.6. The highest BCUT2D eigenvalue weighted by Gasteiger charge is 2.73. The van der Waals surface area contributed by atoms with Gasteiger partial charge in [-0.05, 0) is 59.3 Å². The number of allylic oxidation sites excluding steroid dienone is 1. The number of rotatable bonds is 6. The number of nitrogens with zero attached hydrogens (tertiary/aromatic N) is 2. The van der Waals surface area contributed by atoms with E-state index < -0.39 is 27.4 Å². The maximum Gasteiger partial charge on any atom is 0.311 e. The molecule has 1 unspecified atom stereocenters. The Morgan fingerprint density at radius 3 is 2.62 bits per heavy atom. The lowest BCUT2D eigenvalue weighted by Crippen LogP contribution is -2.54. The number of hydrogen-bond donors (Lipinski definition) is 1. The first-order valence-electron chi connectivity index (χ1n) is 12.7. The average Bonchev–Trinajstić information content (AvgIpc) is 3.10. The standard InChI is InChI=1S/C26H38N2O5S/c1-18(2)27-15-11-13-26-19(22(30)28(21(26)23(27)31)14-8-6-9-16-29)20-24(32)33-17-10-5-4-7-12-25(20,3)34-26/h7,11-13,18-21,29H,4-6,8-10,14-17H2,1-3H3/b12-7-/t19-,20+,21?,25-,26-/m0/s1. The number of unbranched alkanes of at least 4 members (excludes halogenated alkanes) is 2. The number of aliphatic hydroxyl groups is 1. The Kier molecular flexibility index (Phi) is 7.48. The zero-order chi connectivity index (χ0) is 24.5. The topological polar surface area (TPSA) is 87.2 Å². The quantitative estimate of drug-likeness (QED) is 0.350. The second-order valence-corrected chi connectivity index (χ2v) is 12.2. The fraction of sp³-hybridized carbons (Fsp3) is 0.731. The van der Waals surface area contributed by atoms with E-state index in [1.807, 2.05) is 31.7 Å². The van der Waals surface area contributed by atoms with Crippen LogP contribution in [-0.4, -0.2) is 80.6 Å². The van der Waals surface area contributed by atoms with Crippen molar-refractivity contribution in [3.63, 3.8) is 0 Å². The molecule has 8 heteroatoms. The van der Waals surface area contributed by atoms with Crippen LogP contribution in [0.5, 0.6) is 0 Å². The zero-order valence-corrected chi connectivity index (χ0v) is 21.4. The first kappa shape index (κ1) is 25.3. The number of hydrogen-bond acceptors (Lipinski definition) is 6. The van der Waals surface area contributed by atoms with Crippen LogP contribution in [0.3, 0.4) is 0 Å². The van der Waals surface area contributed by atoms with Crippen molar-refractivity contribution in [2.75, 3.05) is 26.3 Å². The summed E-state index contributed by atoms with van der Waals surface area (Å²) in [5, 5.41) is 9.17. The number of esters is 1. The van der Waals surface area contributed by atoms with Crippen LogP contribution in [0.4, 0.5) is 0 Å². The van der Waals surface area contributed by atoms with Gasteiger partial charge < -0.3 is 19.6 Å². The molecule has 0 aromatic rings. The van der Waals surface area contributed by atoms with E-state index in [2.05, 4.69) is 18.2 Å². The molecule has 2 fully saturated rings. The molecule has 2 amide bonds. The number of carbonyl (C=O) groups excluding carboxylic acids is 3. The van der Waals surface area contributed by atoms with Gasteiger partial charge in [0.1, 0.15) is 6.04 Å². The Morgan fingerprint density at radius 1 is 1.09 bits per heavy atom. The first-order valence-corrected chi connectivity index (χ1v) is 13.5. The Balaban J connectivity index is 1.79. The summed E-state index contributed by atoms with van der Waals surface area (Å²) in [4.78, 5) is 45.1. The summed E-state index contributed by atoms with van der Waals surface area (Å²) in [6, 6.07) is -0.647. The maximum atomic E-state index is 14.1. The number of ether oxygens (including phenoxy) is 1. The highest BCUT2D eigenvalue weighted by Crippen LogP contribution is 2.65. The van der Waals surface area contributed by atoms with Gasteiger partial charge in [-0.25, -0.2) is 0 Å². The number of aliphatic hydroxyl groups excluding tert-OH is 1. The Hall–Kier alpha value is -1.80. The molecule has 1 spiro atoms. The molecule has 2 saturated heterocycles. The minimum Gasteiger partial charge on any atom is -0.465 e. The van der Waals surface area contributed by atoms with Crippen LogP contribution in [0.2, 0.25) is 0 Å². The molecule has 5 atom stereocenters. The van der Waals surface area contributed by atoms with E-state index in [0.717, 1.165) is 25.7 Å². The minimum absolute atomic E-state index is 0.00486. The molecule has 0 aliphatic carbocycles. The summed E-state index contributed by atoms with van der Waals surface area (Å²) in [6.45, 7) is 7.43. The molecular weight excluding hydrogens is 452 g/mol. The molecule has 0 bridgehead atoms. The average molecular weight is 491 g/mol. The second-order valence-electron chi connectivity index (χ2n) is 10.4. The van der Waals surface area contributed by atoms with Crippen molar-refractivity contribution in [1.82, 2.24) is 9.80 Å². The third kappa shape index (κ3) is 4.21. The van der Waals surface area contributed by atoms with Crippen molar-refractivity contribution in [2.45, 2.75) is 80.9 Å². The monoisotopic (exact) mass is 490 g/mol. The lowest BCUT2D eigenvalue weighted by atomic mass is 9.74. The Morgan fingerprint density at radius 2 is 1.88 bits per heavy atom. The van der Waals surface area contributed by atoms with Gasteiger partial charge in [0.05, 0.1) is 23.2 Å². The molecule has 0 aromatic heterocycles. The highest BCUT2D eigenvalue weighted by molar-refractivity contribution is 8.02. The summed E-state index contributed by atoms with van der Waals surface area (Å²) in [5.41, 5.74) is 0. The van der Waals surface area contributed by atoms with Gasteiger partial charge in [-0.1, -0.05) is 24.3 Å². The van der Waals surface area contributed by atoms with Crippen LogP contribution >= 0.6 is 11.8 Å². The van der Waals surface area contributed by atoms with Gasteiger partial charge in [0.2, 0.25) is 11.8 Å². The number of thioether (sulfide) groups is 1. The van der Waals surface area contributed by atoms with Gasteiger partial charge in [-0.15, -0.1) is 11.8 Å². The molecule has 0 saturated carbocycles. The number of carbonyl (C=O) groups is 3. The molecule has 4 aliphatic rings. The summed E-state index contributed by atoms with van der Waals surface area (Å²) < 4.78 is 4.25. The van der Waals surface area contributed by atoms with Crippen LogP contribution in [0.15, 0.2) is 24.3 Å². The van der Waals surface area contributed by atoms with Crippen LogP contribution in [0.1, 0.15) is 59.3 Å². The molecular formula is C26H38N2O5S. The Bertz CT molecular complexity index is 873. The fourth-order valence-electron chi connectivity index (χ4n) is 6.09. The second kappa shape index (κ2) is 10.1. The summed E-state index contributed by atoms with van der Waals surface area (Å²) in [5.74, 6) is -1.79. The maximum absolute atomic E-state index is 14.1. The predicted molar refractivity (Wildman–Crippen MR) is 132 cm³/mol. The van der Waals surface area contributed by atoms with E-state index in [4.69, 9.17) is 4.74 Å². The number of amides is 2. The normalized spacial score (nSPS) is 36.7. The molecule has 0 radical (unpaired) electrons. The van der Waals surface area contributed by atoms with E-state index >= 15 is 0 Å². The molecule has 7 nitrogen and oxygen atoms in total. The Labute approximate surface area is 206 Å².